The Hall–Kier alpha value is -1.35. The van der Waals surface area contributed by atoms with E-state index < -0.39 is 0 Å². The maximum absolute atomic E-state index is 11.8. The number of nitrogens with two attached hydrogens (primary N) is 1. The summed E-state index contributed by atoms with van der Waals surface area (Å²) in [7, 11) is 0. The van der Waals surface area contributed by atoms with Gasteiger partial charge in [0, 0.05) is 5.56 Å². The summed E-state index contributed by atoms with van der Waals surface area (Å²) in [5.41, 5.74) is 7.53. The molecule has 1 rings (SSSR count). The van der Waals surface area contributed by atoms with Crippen LogP contribution < -0.4 is 11.1 Å². The second-order valence-corrected chi connectivity index (χ2v) is 5.18. The summed E-state index contributed by atoms with van der Waals surface area (Å²) in [4.78, 5) is 11.8. The summed E-state index contributed by atoms with van der Waals surface area (Å²) in [6, 6.07) is 7.44. The lowest BCUT2D eigenvalue weighted by atomic mass is 9.92. The Morgan fingerprint density at radius 2 is 1.75 bits per heavy atom. The summed E-state index contributed by atoms with van der Waals surface area (Å²) in [6.45, 7) is 7.97. The molecule has 0 aliphatic heterocycles. The van der Waals surface area contributed by atoms with Crippen LogP contribution in [0, 0.1) is 12.3 Å². The van der Waals surface area contributed by atoms with Crippen LogP contribution in [0.2, 0.25) is 0 Å². The van der Waals surface area contributed by atoms with Crippen LogP contribution in [0.1, 0.15) is 36.7 Å². The van der Waals surface area contributed by atoms with Gasteiger partial charge in [0.15, 0.2) is 0 Å². The van der Waals surface area contributed by atoms with E-state index in [0.717, 1.165) is 5.56 Å². The number of carbonyl (C=O) groups excluding carboxylic acids is 1. The Morgan fingerprint density at radius 1 is 1.25 bits per heavy atom. The maximum Gasteiger partial charge on any atom is 0.252 e. The Morgan fingerprint density at radius 3 is 2.19 bits per heavy atom. The van der Waals surface area contributed by atoms with Gasteiger partial charge in [0.1, 0.15) is 0 Å². The van der Waals surface area contributed by atoms with E-state index in [4.69, 9.17) is 5.73 Å². The van der Waals surface area contributed by atoms with Crippen molar-refractivity contribution < 1.29 is 4.79 Å². The summed E-state index contributed by atoms with van der Waals surface area (Å²) >= 11 is 0. The van der Waals surface area contributed by atoms with Gasteiger partial charge in [-0.3, -0.25) is 4.79 Å². The molecule has 0 heterocycles. The number of hydrogen-bond donors (Lipinski definition) is 2. The fourth-order valence-corrected chi connectivity index (χ4v) is 1.15. The summed E-state index contributed by atoms with van der Waals surface area (Å²) in [6.07, 6.45) is -0.346. The first-order chi connectivity index (χ1) is 7.30. The molecule has 3 N–H and O–H groups in total. The molecule has 1 atom stereocenters. The van der Waals surface area contributed by atoms with Gasteiger partial charge in [-0.25, -0.2) is 0 Å². The summed E-state index contributed by atoms with van der Waals surface area (Å²) < 4.78 is 0. The minimum Gasteiger partial charge on any atom is -0.336 e. The minimum atomic E-state index is -0.346. The minimum absolute atomic E-state index is 0.123. The quantitative estimate of drug-likeness (QED) is 0.749. The molecule has 0 saturated heterocycles. The Labute approximate surface area is 97.0 Å². The second kappa shape index (κ2) is 4.66. The van der Waals surface area contributed by atoms with Gasteiger partial charge in [-0.15, -0.1) is 0 Å². The standard InChI is InChI=1S/C13H20N2O/c1-9-5-7-10(8-6-9)11(16)15-12(14)13(2,3)4/h5-8,12H,14H2,1-4H3,(H,15,16). The van der Waals surface area contributed by atoms with Crippen LogP contribution in [0.5, 0.6) is 0 Å². The van der Waals surface area contributed by atoms with E-state index in [1.807, 2.05) is 39.8 Å². The van der Waals surface area contributed by atoms with E-state index in [-0.39, 0.29) is 17.5 Å². The number of aryl methyl sites for hydroxylation is 1. The highest BCUT2D eigenvalue weighted by atomic mass is 16.1. The lowest BCUT2D eigenvalue weighted by Crippen LogP contribution is -2.50. The van der Waals surface area contributed by atoms with Gasteiger partial charge in [-0.05, 0) is 24.5 Å². The van der Waals surface area contributed by atoms with Gasteiger partial charge < -0.3 is 11.1 Å². The van der Waals surface area contributed by atoms with Gasteiger partial charge in [0.25, 0.3) is 5.91 Å². The van der Waals surface area contributed by atoms with Crippen LogP contribution in [-0.2, 0) is 0 Å². The van der Waals surface area contributed by atoms with Crippen molar-refractivity contribution in [3.8, 4) is 0 Å². The predicted octanol–water partition coefficient (Wildman–Crippen LogP) is 2.06. The Kier molecular flexibility index (Phi) is 3.70. The first-order valence-corrected chi connectivity index (χ1v) is 5.44. The predicted molar refractivity (Wildman–Crippen MR) is 66.1 cm³/mol. The molecule has 1 amide bonds. The van der Waals surface area contributed by atoms with Crippen molar-refractivity contribution in [2.75, 3.05) is 0 Å². The Balaban J connectivity index is 2.70. The molecule has 3 nitrogen and oxygen atoms in total. The highest BCUT2D eigenvalue weighted by molar-refractivity contribution is 5.94. The summed E-state index contributed by atoms with van der Waals surface area (Å²) in [5.74, 6) is -0.123. The maximum atomic E-state index is 11.8. The SMILES string of the molecule is Cc1ccc(C(=O)NC(N)C(C)(C)C)cc1. The highest BCUT2D eigenvalue weighted by Crippen LogP contribution is 2.15. The smallest absolute Gasteiger partial charge is 0.252 e. The zero-order chi connectivity index (χ0) is 12.3. The normalized spacial score (nSPS) is 13.3. The number of amides is 1. The summed E-state index contributed by atoms with van der Waals surface area (Å²) in [5, 5.41) is 2.79. The number of hydrogen-bond acceptors (Lipinski definition) is 2. The molecule has 0 radical (unpaired) electrons. The van der Waals surface area contributed by atoms with Gasteiger partial charge >= 0.3 is 0 Å². The van der Waals surface area contributed by atoms with Crippen molar-refractivity contribution >= 4 is 5.91 Å². The Bertz CT molecular complexity index is 363. The molecule has 0 saturated carbocycles. The van der Waals surface area contributed by atoms with E-state index in [1.54, 1.807) is 12.1 Å². The number of nitrogens with one attached hydrogen (secondary N) is 1. The van der Waals surface area contributed by atoms with E-state index in [2.05, 4.69) is 5.32 Å². The molecule has 0 aromatic heterocycles. The van der Waals surface area contributed by atoms with E-state index in [0.29, 0.717) is 5.56 Å². The van der Waals surface area contributed by atoms with Crippen LogP contribution in [0.25, 0.3) is 0 Å². The van der Waals surface area contributed by atoms with Crippen LogP contribution in [-0.4, -0.2) is 12.1 Å². The molecule has 0 aliphatic carbocycles. The first kappa shape index (κ1) is 12.7. The number of carbonyl (C=O) groups is 1. The van der Waals surface area contributed by atoms with Gasteiger partial charge in [0.05, 0.1) is 6.17 Å². The molecule has 0 bridgehead atoms. The zero-order valence-electron chi connectivity index (χ0n) is 10.4. The zero-order valence-corrected chi connectivity index (χ0v) is 10.4. The van der Waals surface area contributed by atoms with Gasteiger partial charge in [-0.2, -0.15) is 0 Å². The van der Waals surface area contributed by atoms with Crippen molar-refractivity contribution in [1.82, 2.24) is 5.32 Å². The third-order valence-electron chi connectivity index (χ3n) is 2.53. The second-order valence-electron chi connectivity index (χ2n) is 5.18. The van der Waals surface area contributed by atoms with E-state index >= 15 is 0 Å². The van der Waals surface area contributed by atoms with Crippen molar-refractivity contribution in [3.05, 3.63) is 35.4 Å². The number of benzene rings is 1. The monoisotopic (exact) mass is 220 g/mol. The lowest BCUT2D eigenvalue weighted by molar-refractivity contribution is 0.0905. The van der Waals surface area contributed by atoms with Crippen LogP contribution >= 0.6 is 0 Å². The lowest BCUT2D eigenvalue weighted by Gasteiger charge is -2.27. The molecule has 3 heteroatoms. The van der Waals surface area contributed by atoms with Crippen molar-refractivity contribution in [2.24, 2.45) is 11.1 Å². The van der Waals surface area contributed by atoms with Crippen molar-refractivity contribution in [1.29, 1.82) is 0 Å². The first-order valence-electron chi connectivity index (χ1n) is 5.44. The third-order valence-corrected chi connectivity index (χ3v) is 2.53. The average Bonchev–Trinajstić information content (AvgIpc) is 2.17. The molecular formula is C13H20N2O. The highest BCUT2D eigenvalue weighted by Gasteiger charge is 2.22. The van der Waals surface area contributed by atoms with Crippen molar-refractivity contribution in [2.45, 2.75) is 33.9 Å². The van der Waals surface area contributed by atoms with Gasteiger partial charge in [-0.1, -0.05) is 38.5 Å². The molecule has 1 unspecified atom stereocenters. The third kappa shape index (κ3) is 3.35. The fraction of sp³-hybridized carbons (Fsp3) is 0.462. The molecular weight excluding hydrogens is 200 g/mol. The van der Waals surface area contributed by atoms with E-state index in [1.165, 1.54) is 0 Å². The van der Waals surface area contributed by atoms with E-state index in [9.17, 15) is 4.79 Å². The van der Waals surface area contributed by atoms with Crippen LogP contribution in [0.4, 0.5) is 0 Å². The number of rotatable bonds is 2. The molecule has 88 valence electrons. The molecule has 16 heavy (non-hydrogen) atoms. The molecule has 1 aromatic carbocycles. The molecule has 0 aliphatic rings. The van der Waals surface area contributed by atoms with Gasteiger partial charge in [0.2, 0.25) is 0 Å². The molecule has 1 aromatic rings. The molecule has 0 fully saturated rings. The largest absolute Gasteiger partial charge is 0.336 e. The average molecular weight is 220 g/mol. The molecule has 0 spiro atoms. The van der Waals surface area contributed by atoms with Crippen LogP contribution in [0.3, 0.4) is 0 Å². The van der Waals surface area contributed by atoms with Crippen molar-refractivity contribution in [3.63, 3.8) is 0 Å². The van der Waals surface area contributed by atoms with Crippen LogP contribution in [0.15, 0.2) is 24.3 Å². The fourth-order valence-electron chi connectivity index (χ4n) is 1.15. The topological polar surface area (TPSA) is 55.1 Å².